The van der Waals surface area contributed by atoms with E-state index in [0.717, 1.165) is 70.5 Å². The number of halogens is 1. The fourth-order valence-electron chi connectivity index (χ4n) is 3.31. The number of rotatable bonds is 10. The second kappa shape index (κ2) is 11.9. The average molecular weight is 465 g/mol. The SMILES string of the molecule is CCNC(=NCCCN1CCCC1=O)NCCN(C(C)C)C1CC1.I. The van der Waals surface area contributed by atoms with Gasteiger partial charge in [0.25, 0.3) is 0 Å². The summed E-state index contributed by atoms with van der Waals surface area (Å²) in [7, 11) is 0. The molecule has 6 nitrogen and oxygen atoms in total. The standard InChI is InChI=1S/C18H35N5O.HI/c1-4-19-18(20-10-6-13-22-12-5-7-17(22)24)21-11-14-23(15(2)3)16-8-9-16;/h15-16H,4-14H2,1-3H3,(H2,19,20,21);1H. The maximum Gasteiger partial charge on any atom is 0.222 e. The third kappa shape index (κ3) is 8.11. The van der Waals surface area contributed by atoms with Crippen LogP contribution in [0.25, 0.3) is 0 Å². The van der Waals surface area contributed by atoms with Crippen LogP contribution in [0.2, 0.25) is 0 Å². The summed E-state index contributed by atoms with van der Waals surface area (Å²) in [6.45, 7) is 12.0. The van der Waals surface area contributed by atoms with E-state index in [1.54, 1.807) is 0 Å². The topological polar surface area (TPSA) is 60.0 Å². The molecule has 25 heavy (non-hydrogen) atoms. The second-order valence-electron chi connectivity index (χ2n) is 7.09. The van der Waals surface area contributed by atoms with Crippen molar-refractivity contribution in [2.75, 3.05) is 39.3 Å². The van der Waals surface area contributed by atoms with Crippen LogP contribution in [0.15, 0.2) is 4.99 Å². The van der Waals surface area contributed by atoms with E-state index in [9.17, 15) is 4.79 Å². The highest BCUT2D eigenvalue weighted by molar-refractivity contribution is 14.0. The number of carbonyl (C=O) groups is 1. The molecule has 146 valence electrons. The van der Waals surface area contributed by atoms with Gasteiger partial charge in [0.05, 0.1) is 0 Å². The molecule has 1 aliphatic heterocycles. The zero-order valence-electron chi connectivity index (χ0n) is 16.1. The van der Waals surface area contributed by atoms with Gasteiger partial charge in [-0.05, 0) is 46.5 Å². The van der Waals surface area contributed by atoms with Crippen LogP contribution in [-0.4, -0.2) is 73.0 Å². The number of aliphatic imine (C=N–C) groups is 1. The van der Waals surface area contributed by atoms with Gasteiger partial charge in [0.1, 0.15) is 0 Å². The van der Waals surface area contributed by atoms with E-state index < -0.39 is 0 Å². The van der Waals surface area contributed by atoms with Gasteiger partial charge in [0.2, 0.25) is 5.91 Å². The van der Waals surface area contributed by atoms with E-state index >= 15 is 0 Å². The first-order valence-corrected chi connectivity index (χ1v) is 9.67. The maximum absolute atomic E-state index is 11.6. The largest absolute Gasteiger partial charge is 0.357 e. The molecule has 1 amide bonds. The summed E-state index contributed by atoms with van der Waals surface area (Å²) in [6.07, 6.45) is 5.37. The molecule has 0 aromatic heterocycles. The highest BCUT2D eigenvalue weighted by Gasteiger charge is 2.30. The molecule has 0 atom stereocenters. The molecular weight excluding hydrogens is 429 g/mol. The summed E-state index contributed by atoms with van der Waals surface area (Å²) in [5.74, 6) is 1.20. The molecule has 1 saturated heterocycles. The van der Waals surface area contributed by atoms with Gasteiger partial charge in [-0.25, -0.2) is 0 Å². The Bertz CT molecular complexity index is 424. The Morgan fingerprint density at radius 1 is 1.36 bits per heavy atom. The lowest BCUT2D eigenvalue weighted by Gasteiger charge is -2.26. The first kappa shape index (κ1) is 22.5. The quantitative estimate of drug-likeness (QED) is 0.225. The predicted molar refractivity (Wildman–Crippen MR) is 115 cm³/mol. The first-order valence-electron chi connectivity index (χ1n) is 9.67. The Hall–Kier alpha value is -0.570. The van der Waals surface area contributed by atoms with E-state index in [4.69, 9.17) is 0 Å². The van der Waals surface area contributed by atoms with Crippen LogP contribution in [0, 0.1) is 0 Å². The summed E-state index contributed by atoms with van der Waals surface area (Å²) >= 11 is 0. The summed E-state index contributed by atoms with van der Waals surface area (Å²) in [6, 6.07) is 1.40. The van der Waals surface area contributed by atoms with Crippen LogP contribution >= 0.6 is 24.0 Å². The Labute approximate surface area is 170 Å². The summed E-state index contributed by atoms with van der Waals surface area (Å²) in [5, 5.41) is 6.75. The zero-order chi connectivity index (χ0) is 17.4. The van der Waals surface area contributed by atoms with Crippen LogP contribution in [0.5, 0.6) is 0 Å². The van der Waals surface area contributed by atoms with Crippen molar-refractivity contribution in [2.45, 2.75) is 65.0 Å². The van der Waals surface area contributed by atoms with Crippen molar-refractivity contribution in [1.82, 2.24) is 20.4 Å². The number of guanidine groups is 1. The van der Waals surface area contributed by atoms with E-state index in [1.807, 2.05) is 4.90 Å². The lowest BCUT2D eigenvalue weighted by Crippen LogP contribution is -2.44. The van der Waals surface area contributed by atoms with Crippen molar-refractivity contribution in [1.29, 1.82) is 0 Å². The molecule has 1 saturated carbocycles. The number of hydrogen-bond donors (Lipinski definition) is 2. The Balaban J connectivity index is 0.00000312. The molecule has 1 aliphatic carbocycles. The van der Waals surface area contributed by atoms with Crippen LogP contribution in [0.4, 0.5) is 0 Å². The van der Waals surface area contributed by atoms with Gasteiger partial charge >= 0.3 is 0 Å². The van der Waals surface area contributed by atoms with Crippen molar-refractivity contribution in [2.24, 2.45) is 4.99 Å². The molecule has 0 radical (unpaired) electrons. The molecule has 7 heteroatoms. The Morgan fingerprint density at radius 3 is 2.68 bits per heavy atom. The number of amides is 1. The molecule has 2 N–H and O–H groups in total. The monoisotopic (exact) mass is 465 g/mol. The minimum Gasteiger partial charge on any atom is -0.357 e. The van der Waals surface area contributed by atoms with Crippen LogP contribution < -0.4 is 10.6 Å². The van der Waals surface area contributed by atoms with Crippen molar-refractivity contribution >= 4 is 35.8 Å². The lowest BCUT2D eigenvalue weighted by molar-refractivity contribution is -0.127. The molecule has 1 heterocycles. The third-order valence-corrected chi connectivity index (χ3v) is 4.71. The van der Waals surface area contributed by atoms with E-state index in [0.29, 0.717) is 11.9 Å². The highest BCUT2D eigenvalue weighted by Crippen LogP contribution is 2.27. The fraction of sp³-hybridized carbons (Fsp3) is 0.889. The molecule has 0 aromatic rings. The number of nitrogens with zero attached hydrogens (tertiary/aromatic N) is 3. The Kier molecular flexibility index (Phi) is 10.7. The third-order valence-electron chi connectivity index (χ3n) is 4.71. The minimum atomic E-state index is 0. The van der Waals surface area contributed by atoms with Gasteiger partial charge < -0.3 is 15.5 Å². The van der Waals surface area contributed by atoms with E-state index in [2.05, 4.69) is 41.3 Å². The average Bonchev–Trinajstić information content (AvgIpc) is 3.30. The van der Waals surface area contributed by atoms with Crippen molar-refractivity contribution in [3.05, 3.63) is 0 Å². The van der Waals surface area contributed by atoms with Crippen LogP contribution in [0.1, 0.15) is 52.9 Å². The molecule has 0 unspecified atom stereocenters. The molecule has 2 aliphatic rings. The van der Waals surface area contributed by atoms with E-state index in [1.165, 1.54) is 12.8 Å². The van der Waals surface area contributed by atoms with Gasteiger partial charge in [-0.15, -0.1) is 24.0 Å². The number of carbonyl (C=O) groups excluding carboxylic acids is 1. The highest BCUT2D eigenvalue weighted by atomic mass is 127. The van der Waals surface area contributed by atoms with Gasteiger partial charge in [-0.1, -0.05) is 0 Å². The summed E-state index contributed by atoms with van der Waals surface area (Å²) in [5.41, 5.74) is 0. The van der Waals surface area contributed by atoms with Crippen molar-refractivity contribution < 1.29 is 4.79 Å². The van der Waals surface area contributed by atoms with Crippen LogP contribution in [-0.2, 0) is 4.79 Å². The van der Waals surface area contributed by atoms with Crippen molar-refractivity contribution in [3.63, 3.8) is 0 Å². The van der Waals surface area contributed by atoms with Crippen LogP contribution in [0.3, 0.4) is 0 Å². The van der Waals surface area contributed by atoms with Gasteiger partial charge in [-0.2, -0.15) is 0 Å². The molecule has 0 aromatic carbocycles. The summed E-state index contributed by atoms with van der Waals surface area (Å²) in [4.78, 5) is 20.8. The first-order chi connectivity index (χ1) is 11.6. The number of nitrogens with one attached hydrogen (secondary N) is 2. The fourth-order valence-corrected chi connectivity index (χ4v) is 3.31. The minimum absolute atomic E-state index is 0. The predicted octanol–water partition coefficient (Wildman–Crippen LogP) is 2.04. The Morgan fingerprint density at radius 2 is 2.12 bits per heavy atom. The number of hydrogen-bond acceptors (Lipinski definition) is 3. The maximum atomic E-state index is 11.6. The van der Waals surface area contributed by atoms with Gasteiger partial charge in [-0.3, -0.25) is 14.7 Å². The van der Waals surface area contributed by atoms with E-state index in [-0.39, 0.29) is 24.0 Å². The molecule has 2 fully saturated rings. The lowest BCUT2D eigenvalue weighted by atomic mass is 10.3. The number of likely N-dealkylation sites (tertiary alicyclic amines) is 1. The summed E-state index contributed by atoms with van der Waals surface area (Å²) < 4.78 is 0. The zero-order valence-corrected chi connectivity index (χ0v) is 18.4. The molecule has 0 spiro atoms. The van der Waals surface area contributed by atoms with Crippen molar-refractivity contribution in [3.8, 4) is 0 Å². The molecule has 2 rings (SSSR count). The van der Waals surface area contributed by atoms with Gasteiger partial charge in [0.15, 0.2) is 5.96 Å². The molecular formula is C18H36IN5O. The van der Waals surface area contributed by atoms with Gasteiger partial charge in [0, 0.05) is 57.8 Å². The molecule has 0 bridgehead atoms. The second-order valence-corrected chi connectivity index (χ2v) is 7.09. The smallest absolute Gasteiger partial charge is 0.222 e. The normalized spacial score (nSPS) is 18.0.